The molecule has 0 aromatic heterocycles. The molecule has 124 valence electrons. The van der Waals surface area contributed by atoms with Crippen molar-refractivity contribution in [3.63, 3.8) is 0 Å². The van der Waals surface area contributed by atoms with Crippen molar-refractivity contribution in [2.75, 3.05) is 46.4 Å². The minimum Gasteiger partial charge on any atom is -0.382 e. The number of unbranched alkanes of at least 4 members (excludes halogenated alkanes) is 2. The van der Waals surface area contributed by atoms with Crippen molar-refractivity contribution in [2.24, 2.45) is 5.73 Å². The number of hydrogen-bond donors (Lipinski definition) is 1. The topological polar surface area (TPSA) is 58.8 Å². The zero-order valence-corrected chi connectivity index (χ0v) is 13.9. The van der Waals surface area contributed by atoms with Gasteiger partial charge in [-0.05, 0) is 52.2 Å². The molecule has 1 aliphatic heterocycles. The van der Waals surface area contributed by atoms with Gasteiger partial charge in [0.1, 0.15) is 0 Å². The van der Waals surface area contributed by atoms with Crippen molar-refractivity contribution >= 4 is 5.91 Å². The second-order valence-corrected chi connectivity index (χ2v) is 6.01. The van der Waals surface area contributed by atoms with Crippen LogP contribution < -0.4 is 5.73 Å². The standard InChI is InChI=1S/C16H33N3O2/c1-15(21-2)7-8-16(20)19-12-6-11-18(13-14-19)10-5-3-4-9-17/h15H,3-14,17H2,1-2H3. The largest absolute Gasteiger partial charge is 0.382 e. The Hall–Kier alpha value is -0.650. The van der Waals surface area contributed by atoms with E-state index in [1.807, 2.05) is 11.8 Å². The van der Waals surface area contributed by atoms with Gasteiger partial charge in [0, 0.05) is 33.2 Å². The van der Waals surface area contributed by atoms with Crippen molar-refractivity contribution < 1.29 is 9.53 Å². The summed E-state index contributed by atoms with van der Waals surface area (Å²) in [7, 11) is 1.70. The zero-order valence-electron chi connectivity index (χ0n) is 13.9. The predicted octanol–water partition coefficient (Wildman–Crippen LogP) is 1.46. The first-order valence-corrected chi connectivity index (χ1v) is 8.40. The molecule has 1 amide bonds. The third kappa shape index (κ3) is 7.79. The highest BCUT2D eigenvalue weighted by molar-refractivity contribution is 5.76. The van der Waals surface area contributed by atoms with E-state index in [0.29, 0.717) is 6.42 Å². The normalized spacial score (nSPS) is 18.5. The highest BCUT2D eigenvalue weighted by Gasteiger charge is 2.19. The number of ether oxygens (including phenoxy) is 1. The number of amides is 1. The van der Waals surface area contributed by atoms with Gasteiger partial charge in [-0.1, -0.05) is 6.42 Å². The summed E-state index contributed by atoms with van der Waals surface area (Å²) >= 11 is 0. The van der Waals surface area contributed by atoms with Crippen LogP contribution in [-0.4, -0.2) is 68.2 Å². The van der Waals surface area contributed by atoms with E-state index in [-0.39, 0.29) is 12.0 Å². The van der Waals surface area contributed by atoms with Crippen molar-refractivity contribution in [3.05, 3.63) is 0 Å². The third-order valence-corrected chi connectivity index (χ3v) is 4.29. The Kier molecular flexibility index (Phi) is 9.63. The maximum atomic E-state index is 12.2. The van der Waals surface area contributed by atoms with E-state index < -0.39 is 0 Å². The summed E-state index contributed by atoms with van der Waals surface area (Å²) in [5.41, 5.74) is 5.52. The molecule has 0 aliphatic carbocycles. The Bertz CT molecular complexity index is 287. The van der Waals surface area contributed by atoms with Gasteiger partial charge in [-0.15, -0.1) is 0 Å². The molecule has 0 aromatic carbocycles. The molecular formula is C16H33N3O2. The molecule has 0 aromatic rings. The summed E-state index contributed by atoms with van der Waals surface area (Å²) in [4.78, 5) is 16.7. The Morgan fingerprint density at radius 3 is 2.71 bits per heavy atom. The van der Waals surface area contributed by atoms with E-state index in [4.69, 9.17) is 10.5 Å². The highest BCUT2D eigenvalue weighted by Crippen LogP contribution is 2.09. The molecule has 1 unspecified atom stereocenters. The summed E-state index contributed by atoms with van der Waals surface area (Å²) in [6.45, 7) is 7.84. The van der Waals surface area contributed by atoms with E-state index in [0.717, 1.165) is 58.5 Å². The summed E-state index contributed by atoms with van der Waals surface area (Å²) in [6, 6.07) is 0. The van der Waals surface area contributed by atoms with Crippen molar-refractivity contribution in [1.82, 2.24) is 9.80 Å². The lowest BCUT2D eigenvalue weighted by atomic mass is 10.2. The smallest absolute Gasteiger partial charge is 0.222 e. The fourth-order valence-corrected chi connectivity index (χ4v) is 2.70. The molecule has 0 radical (unpaired) electrons. The number of hydrogen-bond acceptors (Lipinski definition) is 4. The van der Waals surface area contributed by atoms with Crippen LogP contribution in [0.5, 0.6) is 0 Å². The van der Waals surface area contributed by atoms with Crippen LogP contribution in [-0.2, 0) is 9.53 Å². The molecule has 1 aliphatic rings. The summed E-state index contributed by atoms with van der Waals surface area (Å²) in [5, 5.41) is 0. The number of carbonyl (C=O) groups excluding carboxylic acids is 1. The van der Waals surface area contributed by atoms with Gasteiger partial charge < -0.3 is 20.3 Å². The number of nitrogens with two attached hydrogens (primary N) is 1. The number of methoxy groups -OCH3 is 1. The molecule has 0 bridgehead atoms. The number of nitrogens with zero attached hydrogens (tertiary/aromatic N) is 2. The first-order valence-electron chi connectivity index (χ1n) is 8.40. The Morgan fingerprint density at radius 1 is 1.19 bits per heavy atom. The van der Waals surface area contributed by atoms with Crippen LogP contribution in [0.2, 0.25) is 0 Å². The molecule has 5 nitrogen and oxygen atoms in total. The van der Waals surface area contributed by atoms with Gasteiger partial charge in [-0.3, -0.25) is 4.79 Å². The lowest BCUT2D eigenvalue weighted by molar-refractivity contribution is -0.131. The fraction of sp³-hybridized carbons (Fsp3) is 0.938. The highest BCUT2D eigenvalue weighted by atomic mass is 16.5. The average Bonchev–Trinajstić information content (AvgIpc) is 2.74. The van der Waals surface area contributed by atoms with Crippen molar-refractivity contribution in [2.45, 2.75) is 51.6 Å². The third-order valence-electron chi connectivity index (χ3n) is 4.29. The van der Waals surface area contributed by atoms with Gasteiger partial charge >= 0.3 is 0 Å². The van der Waals surface area contributed by atoms with E-state index in [1.54, 1.807) is 7.11 Å². The molecule has 0 saturated carbocycles. The van der Waals surface area contributed by atoms with Gasteiger partial charge in [0.25, 0.3) is 0 Å². The van der Waals surface area contributed by atoms with Crippen LogP contribution in [0.25, 0.3) is 0 Å². The maximum absolute atomic E-state index is 12.2. The first kappa shape index (κ1) is 18.4. The summed E-state index contributed by atoms with van der Waals surface area (Å²) in [5.74, 6) is 0.281. The molecule has 1 saturated heterocycles. The molecule has 1 fully saturated rings. The van der Waals surface area contributed by atoms with Gasteiger partial charge in [-0.2, -0.15) is 0 Å². The van der Waals surface area contributed by atoms with E-state index in [9.17, 15) is 4.79 Å². The molecular weight excluding hydrogens is 266 g/mol. The fourth-order valence-electron chi connectivity index (χ4n) is 2.70. The molecule has 1 heterocycles. The second kappa shape index (κ2) is 11.0. The molecule has 1 atom stereocenters. The lowest BCUT2D eigenvalue weighted by Gasteiger charge is -2.22. The Morgan fingerprint density at radius 2 is 2.00 bits per heavy atom. The van der Waals surface area contributed by atoms with Crippen LogP contribution in [0.1, 0.15) is 45.4 Å². The van der Waals surface area contributed by atoms with Crippen LogP contribution in [0, 0.1) is 0 Å². The summed E-state index contributed by atoms with van der Waals surface area (Å²) in [6.07, 6.45) is 6.22. The van der Waals surface area contributed by atoms with Crippen LogP contribution in [0.4, 0.5) is 0 Å². The second-order valence-electron chi connectivity index (χ2n) is 6.01. The molecule has 1 rings (SSSR count). The Labute approximate surface area is 129 Å². The van der Waals surface area contributed by atoms with E-state index in [1.165, 1.54) is 12.8 Å². The first-order chi connectivity index (χ1) is 10.2. The monoisotopic (exact) mass is 299 g/mol. The average molecular weight is 299 g/mol. The van der Waals surface area contributed by atoms with Crippen molar-refractivity contribution in [1.29, 1.82) is 0 Å². The molecule has 5 heteroatoms. The zero-order chi connectivity index (χ0) is 15.5. The number of rotatable bonds is 9. The predicted molar refractivity (Wildman–Crippen MR) is 86.2 cm³/mol. The van der Waals surface area contributed by atoms with Crippen LogP contribution in [0.3, 0.4) is 0 Å². The van der Waals surface area contributed by atoms with Crippen molar-refractivity contribution in [3.8, 4) is 0 Å². The van der Waals surface area contributed by atoms with Gasteiger partial charge in [0.05, 0.1) is 6.10 Å². The molecule has 0 spiro atoms. The minimum absolute atomic E-state index is 0.167. The minimum atomic E-state index is 0.167. The quantitative estimate of drug-likeness (QED) is 0.655. The molecule has 21 heavy (non-hydrogen) atoms. The number of carbonyl (C=O) groups is 1. The Balaban J connectivity index is 2.23. The SMILES string of the molecule is COC(C)CCC(=O)N1CCCN(CCCCCN)CC1. The van der Waals surface area contributed by atoms with E-state index >= 15 is 0 Å². The lowest BCUT2D eigenvalue weighted by Crippen LogP contribution is -2.35. The van der Waals surface area contributed by atoms with E-state index in [2.05, 4.69) is 4.90 Å². The van der Waals surface area contributed by atoms with Crippen LogP contribution in [0.15, 0.2) is 0 Å². The van der Waals surface area contributed by atoms with Gasteiger partial charge in [0.15, 0.2) is 0 Å². The summed E-state index contributed by atoms with van der Waals surface area (Å²) < 4.78 is 5.21. The van der Waals surface area contributed by atoms with Gasteiger partial charge in [0.2, 0.25) is 5.91 Å². The molecule has 2 N–H and O–H groups in total. The maximum Gasteiger partial charge on any atom is 0.222 e. The van der Waals surface area contributed by atoms with Gasteiger partial charge in [-0.25, -0.2) is 0 Å². The van der Waals surface area contributed by atoms with Crippen LogP contribution >= 0.6 is 0 Å².